The van der Waals surface area contributed by atoms with Gasteiger partial charge in [-0.3, -0.25) is 0 Å². The maximum Gasteiger partial charge on any atom is 0.253 e. The van der Waals surface area contributed by atoms with E-state index < -0.39 is 0 Å². The molecular weight excluding hydrogens is 154 g/mol. The first-order valence-electron chi connectivity index (χ1n) is 3.39. The normalized spacial score (nSPS) is 10.0. The van der Waals surface area contributed by atoms with Crippen molar-refractivity contribution in [1.29, 1.82) is 5.26 Å². The van der Waals surface area contributed by atoms with Gasteiger partial charge in [-0.25, -0.2) is 9.50 Å². The van der Waals surface area contributed by atoms with Gasteiger partial charge in [0.25, 0.3) is 5.78 Å². The highest BCUT2D eigenvalue weighted by Crippen LogP contribution is 2.02. The quantitative estimate of drug-likeness (QED) is 0.554. The van der Waals surface area contributed by atoms with Gasteiger partial charge in [0.15, 0.2) is 0 Å². The molecule has 0 aromatic carbocycles. The van der Waals surface area contributed by atoms with Crippen molar-refractivity contribution in [3.63, 3.8) is 0 Å². The van der Waals surface area contributed by atoms with Crippen molar-refractivity contribution in [1.82, 2.24) is 19.6 Å². The van der Waals surface area contributed by atoms with Crippen molar-refractivity contribution in [2.45, 2.75) is 6.92 Å². The van der Waals surface area contributed by atoms with Crippen LogP contribution in [0, 0.1) is 18.3 Å². The molecule has 0 radical (unpaired) electrons. The van der Waals surface area contributed by atoms with Gasteiger partial charge in [-0.2, -0.15) is 15.3 Å². The van der Waals surface area contributed by atoms with Crippen LogP contribution in [0.5, 0.6) is 0 Å². The standard InChI is InChI=1S/C7H5N5/c1-5-2-6(3-8)11-7-9-4-10-12(5)7/h2,4H,1H3. The third-order valence-electron chi connectivity index (χ3n) is 1.54. The topological polar surface area (TPSA) is 66.9 Å². The maximum absolute atomic E-state index is 8.59. The van der Waals surface area contributed by atoms with E-state index in [1.807, 2.05) is 13.0 Å². The highest BCUT2D eigenvalue weighted by atomic mass is 15.3. The van der Waals surface area contributed by atoms with E-state index in [9.17, 15) is 0 Å². The zero-order chi connectivity index (χ0) is 8.55. The number of nitrogens with zero attached hydrogens (tertiary/aromatic N) is 5. The van der Waals surface area contributed by atoms with Gasteiger partial charge in [0.2, 0.25) is 0 Å². The van der Waals surface area contributed by atoms with E-state index in [0.717, 1.165) is 5.69 Å². The van der Waals surface area contributed by atoms with Gasteiger partial charge >= 0.3 is 0 Å². The second-order valence-corrected chi connectivity index (χ2v) is 2.37. The van der Waals surface area contributed by atoms with Crippen LogP contribution in [0.25, 0.3) is 5.78 Å². The summed E-state index contributed by atoms with van der Waals surface area (Å²) in [7, 11) is 0. The maximum atomic E-state index is 8.59. The molecule has 0 spiro atoms. The molecule has 0 aliphatic rings. The number of aromatic nitrogens is 4. The van der Waals surface area contributed by atoms with Crippen LogP contribution in [0.15, 0.2) is 12.4 Å². The first-order chi connectivity index (χ1) is 5.81. The fourth-order valence-corrected chi connectivity index (χ4v) is 1.02. The highest BCUT2D eigenvalue weighted by molar-refractivity contribution is 5.34. The van der Waals surface area contributed by atoms with Crippen molar-refractivity contribution in [2.24, 2.45) is 0 Å². The van der Waals surface area contributed by atoms with Gasteiger partial charge in [-0.15, -0.1) is 0 Å². The summed E-state index contributed by atoms with van der Waals surface area (Å²) in [5, 5.41) is 12.5. The largest absolute Gasteiger partial charge is 0.253 e. The molecule has 5 nitrogen and oxygen atoms in total. The van der Waals surface area contributed by atoms with E-state index in [-0.39, 0.29) is 0 Å². The predicted molar refractivity (Wildman–Crippen MR) is 40.2 cm³/mol. The SMILES string of the molecule is Cc1cc(C#N)nc2ncnn12. The Labute approximate surface area is 68.3 Å². The minimum absolute atomic E-state index is 0.369. The summed E-state index contributed by atoms with van der Waals surface area (Å²) in [6, 6.07) is 3.63. The van der Waals surface area contributed by atoms with Crippen LogP contribution in [0.1, 0.15) is 11.4 Å². The van der Waals surface area contributed by atoms with Crippen LogP contribution in [0.3, 0.4) is 0 Å². The third-order valence-corrected chi connectivity index (χ3v) is 1.54. The lowest BCUT2D eigenvalue weighted by Crippen LogP contribution is -1.97. The molecule has 0 N–H and O–H groups in total. The van der Waals surface area contributed by atoms with Gasteiger partial charge in [0, 0.05) is 5.69 Å². The summed E-state index contributed by atoms with van der Waals surface area (Å²) in [6.45, 7) is 1.85. The molecule has 2 rings (SSSR count). The van der Waals surface area contributed by atoms with Crippen molar-refractivity contribution >= 4 is 5.78 Å². The van der Waals surface area contributed by atoms with Crippen LogP contribution >= 0.6 is 0 Å². The molecule has 0 bridgehead atoms. The van der Waals surface area contributed by atoms with Gasteiger partial charge < -0.3 is 0 Å². The smallest absolute Gasteiger partial charge is 0.202 e. The Balaban J connectivity index is 2.86. The molecule has 2 aromatic heterocycles. The molecule has 0 saturated carbocycles. The number of aryl methyl sites for hydroxylation is 1. The van der Waals surface area contributed by atoms with Crippen LogP contribution in [-0.2, 0) is 0 Å². The van der Waals surface area contributed by atoms with E-state index in [0.29, 0.717) is 11.5 Å². The minimum atomic E-state index is 0.369. The van der Waals surface area contributed by atoms with Crippen LogP contribution in [-0.4, -0.2) is 19.6 Å². The molecule has 0 amide bonds. The molecule has 0 aliphatic heterocycles. The lowest BCUT2D eigenvalue weighted by molar-refractivity contribution is 0.891. The van der Waals surface area contributed by atoms with Crippen LogP contribution in [0.2, 0.25) is 0 Å². The Morgan fingerprint density at radius 3 is 3.17 bits per heavy atom. The second-order valence-electron chi connectivity index (χ2n) is 2.37. The number of fused-ring (bicyclic) bond motifs is 1. The second kappa shape index (κ2) is 2.27. The first-order valence-corrected chi connectivity index (χ1v) is 3.39. The van der Waals surface area contributed by atoms with Gasteiger partial charge in [-0.05, 0) is 13.0 Å². The average molecular weight is 159 g/mol. The van der Waals surface area contributed by atoms with E-state index >= 15 is 0 Å². The summed E-state index contributed by atoms with van der Waals surface area (Å²) in [5.41, 5.74) is 1.22. The average Bonchev–Trinajstić information content (AvgIpc) is 2.52. The summed E-state index contributed by atoms with van der Waals surface area (Å²) in [6.07, 6.45) is 1.41. The van der Waals surface area contributed by atoms with Crippen LogP contribution in [0.4, 0.5) is 0 Å². The summed E-state index contributed by atoms with van der Waals surface area (Å²) in [5.74, 6) is 0.464. The van der Waals surface area contributed by atoms with Crippen molar-refractivity contribution in [3.05, 3.63) is 23.8 Å². The van der Waals surface area contributed by atoms with E-state index in [1.165, 1.54) is 6.33 Å². The van der Waals surface area contributed by atoms with Crippen molar-refractivity contribution in [3.8, 4) is 6.07 Å². The fourth-order valence-electron chi connectivity index (χ4n) is 1.02. The zero-order valence-electron chi connectivity index (χ0n) is 6.39. The zero-order valence-corrected chi connectivity index (χ0v) is 6.39. The molecule has 0 aliphatic carbocycles. The molecule has 5 heteroatoms. The van der Waals surface area contributed by atoms with Crippen molar-refractivity contribution < 1.29 is 0 Å². The number of nitriles is 1. The number of hydrogen-bond acceptors (Lipinski definition) is 4. The molecule has 2 aromatic rings. The summed E-state index contributed by atoms with van der Waals surface area (Å²) in [4.78, 5) is 7.82. The Bertz CT molecular complexity index is 464. The predicted octanol–water partition coefficient (Wildman–Crippen LogP) is 0.304. The third kappa shape index (κ3) is 0.820. The van der Waals surface area contributed by atoms with Gasteiger partial charge in [0.1, 0.15) is 18.1 Å². The first kappa shape index (κ1) is 6.73. The van der Waals surface area contributed by atoms with Gasteiger partial charge in [0.05, 0.1) is 0 Å². The lowest BCUT2D eigenvalue weighted by atomic mass is 10.3. The molecule has 0 saturated heterocycles. The van der Waals surface area contributed by atoms with Gasteiger partial charge in [-0.1, -0.05) is 0 Å². The lowest BCUT2D eigenvalue weighted by Gasteiger charge is -1.95. The number of hydrogen-bond donors (Lipinski definition) is 0. The van der Waals surface area contributed by atoms with E-state index in [2.05, 4.69) is 15.1 Å². The Morgan fingerprint density at radius 2 is 2.42 bits per heavy atom. The molecule has 58 valence electrons. The molecule has 0 unspecified atom stereocenters. The summed E-state index contributed by atoms with van der Waals surface area (Å²) >= 11 is 0. The Morgan fingerprint density at radius 1 is 1.58 bits per heavy atom. The summed E-state index contributed by atoms with van der Waals surface area (Å²) < 4.78 is 1.58. The molecule has 0 atom stereocenters. The van der Waals surface area contributed by atoms with Crippen molar-refractivity contribution in [2.75, 3.05) is 0 Å². The fraction of sp³-hybridized carbons (Fsp3) is 0.143. The highest BCUT2D eigenvalue weighted by Gasteiger charge is 2.02. The monoisotopic (exact) mass is 159 g/mol. The van der Waals surface area contributed by atoms with E-state index in [4.69, 9.17) is 5.26 Å². The molecule has 2 heterocycles. The minimum Gasteiger partial charge on any atom is -0.202 e. The Hall–Kier alpha value is -1.96. The molecule has 12 heavy (non-hydrogen) atoms. The van der Waals surface area contributed by atoms with Crippen LogP contribution < -0.4 is 0 Å². The Kier molecular flexibility index (Phi) is 1.27. The van der Waals surface area contributed by atoms with E-state index in [1.54, 1.807) is 10.6 Å². The number of rotatable bonds is 0. The molecular formula is C7H5N5. The molecule has 0 fully saturated rings.